The quantitative estimate of drug-likeness (QED) is 0.932. The molecule has 2 aromatic carbocycles. The van der Waals surface area contributed by atoms with Crippen molar-refractivity contribution in [3.63, 3.8) is 0 Å². The predicted molar refractivity (Wildman–Crippen MR) is 89.5 cm³/mol. The molecule has 3 fully saturated rings. The molecule has 0 spiro atoms. The van der Waals surface area contributed by atoms with Crippen molar-refractivity contribution in [2.75, 3.05) is 19.6 Å². The Kier molecular flexibility index (Phi) is 3.73. The van der Waals surface area contributed by atoms with Crippen molar-refractivity contribution in [1.29, 1.82) is 0 Å². The van der Waals surface area contributed by atoms with Gasteiger partial charge >= 0.3 is 0 Å². The Bertz CT molecular complexity index is 631. The highest BCUT2D eigenvalue weighted by Gasteiger charge is 2.38. The van der Waals surface area contributed by atoms with E-state index in [1.807, 2.05) is 12.1 Å². The van der Waals surface area contributed by atoms with Crippen LogP contribution in [0.4, 0.5) is 0 Å². The maximum atomic E-state index is 11.1. The van der Waals surface area contributed by atoms with Crippen LogP contribution in [-0.2, 0) is 0 Å². The molecule has 22 heavy (non-hydrogen) atoms. The van der Waals surface area contributed by atoms with Crippen LogP contribution < -0.4 is 0 Å². The summed E-state index contributed by atoms with van der Waals surface area (Å²) in [5.41, 5.74) is 3.46. The summed E-state index contributed by atoms with van der Waals surface area (Å²) in [7, 11) is 0. The lowest BCUT2D eigenvalue weighted by atomic mass is 9.74. The van der Waals surface area contributed by atoms with Gasteiger partial charge in [0.25, 0.3) is 0 Å². The molecule has 0 amide bonds. The van der Waals surface area contributed by atoms with E-state index in [9.17, 15) is 5.11 Å². The molecule has 2 atom stereocenters. The molecule has 114 valence electrons. The molecule has 3 heterocycles. The molecule has 0 aliphatic carbocycles. The molecule has 2 nitrogen and oxygen atoms in total. The monoisotopic (exact) mass is 293 g/mol. The molecule has 0 saturated carbocycles. The smallest absolute Gasteiger partial charge is 0.0839 e. The number of rotatable bonds is 3. The Morgan fingerprint density at radius 2 is 1.59 bits per heavy atom. The van der Waals surface area contributed by atoms with E-state index in [0.29, 0.717) is 11.8 Å². The fourth-order valence-electron chi connectivity index (χ4n) is 4.23. The second-order valence-electron chi connectivity index (χ2n) is 6.70. The van der Waals surface area contributed by atoms with E-state index in [1.165, 1.54) is 37.1 Å². The maximum absolute atomic E-state index is 11.1. The number of piperidine rings is 3. The number of aliphatic hydroxyl groups excluding tert-OH is 1. The second-order valence-corrected chi connectivity index (χ2v) is 6.70. The Morgan fingerprint density at radius 1 is 0.909 bits per heavy atom. The SMILES string of the molecule is O[C@@H](c1ccccc1-c1ccccc1)[C@@H]1CN2CCC1CC2. The lowest BCUT2D eigenvalue weighted by Gasteiger charge is -2.46. The van der Waals surface area contributed by atoms with Gasteiger partial charge in [0.15, 0.2) is 0 Å². The van der Waals surface area contributed by atoms with Gasteiger partial charge in [-0.15, -0.1) is 0 Å². The fourth-order valence-corrected chi connectivity index (χ4v) is 4.23. The highest BCUT2D eigenvalue weighted by atomic mass is 16.3. The summed E-state index contributed by atoms with van der Waals surface area (Å²) in [6, 6.07) is 18.8. The fraction of sp³-hybridized carbons (Fsp3) is 0.400. The van der Waals surface area contributed by atoms with E-state index in [-0.39, 0.29) is 6.10 Å². The summed E-state index contributed by atoms with van der Waals surface area (Å²) in [6.45, 7) is 3.48. The first kappa shape index (κ1) is 14.0. The third-order valence-corrected chi connectivity index (χ3v) is 5.48. The molecule has 3 aliphatic heterocycles. The van der Waals surface area contributed by atoms with Crippen molar-refractivity contribution < 1.29 is 5.11 Å². The van der Waals surface area contributed by atoms with E-state index in [2.05, 4.69) is 47.4 Å². The van der Waals surface area contributed by atoms with Crippen LogP contribution in [0.2, 0.25) is 0 Å². The molecule has 0 radical (unpaired) electrons. The minimum Gasteiger partial charge on any atom is -0.388 e. The number of hydrogen-bond acceptors (Lipinski definition) is 2. The zero-order chi connectivity index (χ0) is 14.9. The minimum absolute atomic E-state index is 0.357. The van der Waals surface area contributed by atoms with Gasteiger partial charge in [-0.05, 0) is 48.5 Å². The highest BCUT2D eigenvalue weighted by Crippen LogP contribution is 2.41. The van der Waals surface area contributed by atoms with Crippen LogP contribution in [0.15, 0.2) is 54.6 Å². The van der Waals surface area contributed by atoms with Crippen molar-refractivity contribution in [3.05, 3.63) is 60.2 Å². The Hall–Kier alpha value is -1.64. The first-order chi connectivity index (χ1) is 10.8. The number of aliphatic hydroxyl groups is 1. The van der Waals surface area contributed by atoms with Crippen molar-refractivity contribution >= 4 is 0 Å². The topological polar surface area (TPSA) is 23.5 Å². The van der Waals surface area contributed by atoms with Gasteiger partial charge in [0, 0.05) is 12.5 Å². The molecule has 5 rings (SSSR count). The standard InChI is InChI=1S/C20H23NO/c22-20(19-14-21-12-10-16(19)11-13-21)18-9-5-4-8-17(18)15-6-2-1-3-7-15/h1-9,16,19-20,22H,10-14H2/t19-,20+/m1/s1. The van der Waals surface area contributed by atoms with E-state index < -0.39 is 0 Å². The van der Waals surface area contributed by atoms with Gasteiger partial charge in [0.05, 0.1) is 6.10 Å². The van der Waals surface area contributed by atoms with E-state index in [0.717, 1.165) is 12.1 Å². The number of fused-ring (bicyclic) bond motifs is 3. The zero-order valence-corrected chi connectivity index (χ0v) is 12.9. The third-order valence-electron chi connectivity index (χ3n) is 5.48. The predicted octanol–water partition coefficient (Wildman–Crippen LogP) is 3.73. The van der Waals surface area contributed by atoms with Crippen LogP contribution in [0.3, 0.4) is 0 Å². The van der Waals surface area contributed by atoms with Crippen molar-refractivity contribution in [3.8, 4) is 11.1 Å². The van der Waals surface area contributed by atoms with Crippen LogP contribution >= 0.6 is 0 Å². The average molecular weight is 293 g/mol. The van der Waals surface area contributed by atoms with Gasteiger partial charge in [0.2, 0.25) is 0 Å². The lowest BCUT2D eigenvalue weighted by molar-refractivity contribution is -0.0261. The first-order valence-corrected chi connectivity index (χ1v) is 8.38. The largest absolute Gasteiger partial charge is 0.388 e. The van der Waals surface area contributed by atoms with Crippen molar-refractivity contribution in [2.45, 2.75) is 18.9 Å². The van der Waals surface area contributed by atoms with Crippen LogP contribution in [0.1, 0.15) is 24.5 Å². The molecular weight excluding hydrogens is 270 g/mol. The minimum atomic E-state index is -0.357. The summed E-state index contributed by atoms with van der Waals surface area (Å²) < 4.78 is 0. The molecule has 2 heteroatoms. The van der Waals surface area contributed by atoms with Crippen LogP contribution in [0, 0.1) is 11.8 Å². The first-order valence-electron chi connectivity index (χ1n) is 8.38. The molecular formula is C20H23NO. The van der Waals surface area contributed by atoms with Gasteiger partial charge in [-0.1, -0.05) is 54.6 Å². The molecule has 2 bridgehead atoms. The van der Waals surface area contributed by atoms with Crippen molar-refractivity contribution in [1.82, 2.24) is 4.90 Å². The van der Waals surface area contributed by atoms with Gasteiger partial charge in [-0.25, -0.2) is 0 Å². The molecule has 2 aromatic rings. The zero-order valence-electron chi connectivity index (χ0n) is 12.9. The summed E-state index contributed by atoms with van der Waals surface area (Å²) in [5.74, 6) is 1.07. The summed E-state index contributed by atoms with van der Waals surface area (Å²) in [4.78, 5) is 2.51. The molecule has 0 aromatic heterocycles. The molecule has 3 saturated heterocycles. The van der Waals surface area contributed by atoms with Crippen LogP contribution in [-0.4, -0.2) is 29.6 Å². The van der Waals surface area contributed by atoms with Gasteiger partial charge < -0.3 is 10.0 Å². The van der Waals surface area contributed by atoms with Crippen molar-refractivity contribution in [2.24, 2.45) is 11.8 Å². The summed E-state index contributed by atoms with van der Waals surface area (Å²) in [6.07, 6.45) is 2.13. The summed E-state index contributed by atoms with van der Waals surface area (Å²) >= 11 is 0. The number of benzene rings is 2. The molecule has 1 N–H and O–H groups in total. The summed E-state index contributed by atoms with van der Waals surface area (Å²) in [5, 5.41) is 11.1. The molecule has 0 unspecified atom stereocenters. The Labute approximate surface area is 132 Å². The maximum Gasteiger partial charge on any atom is 0.0839 e. The Morgan fingerprint density at radius 3 is 2.27 bits per heavy atom. The number of nitrogens with zero attached hydrogens (tertiary/aromatic N) is 1. The third kappa shape index (κ3) is 2.47. The van der Waals surface area contributed by atoms with Gasteiger partial charge in [0.1, 0.15) is 0 Å². The van der Waals surface area contributed by atoms with Gasteiger partial charge in [-0.2, -0.15) is 0 Å². The number of hydrogen-bond donors (Lipinski definition) is 1. The Balaban J connectivity index is 1.68. The van der Waals surface area contributed by atoms with E-state index in [4.69, 9.17) is 0 Å². The normalized spacial score (nSPS) is 28.5. The van der Waals surface area contributed by atoms with E-state index >= 15 is 0 Å². The highest BCUT2D eigenvalue weighted by molar-refractivity contribution is 5.67. The van der Waals surface area contributed by atoms with E-state index in [1.54, 1.807) is 0 Å². The average Bonchev–Trinajstić information content (AvgIpc) is 2.63. The van der Waals surface area contributed by atoms with Gasteiger partial charge in [-0.3, -0.25) is 0 Å². The van der Waals surface area contributed by atoms with Crippen LogP contribution in [0.5, 0.6) is 0 Å². The second kappa shape index (κ2) is 5.86. The molecule has 3 aliphatic rings. The lowest BCUT2D eigenvalue weighted by Crippen LogP contribution is -2.49. The van der Waals surface area contributed by atoms with Crippen LogP contribution in [0.25, 0.3) is 11.1 Å².